The van der Waals surface area contributed by atoms with Crippen LogP contribution >= 0.6 is 0 Å². The molecule has 0 aliphatic rings. The Morgan fingerprint density at radius 3 is 2.23 bits per heavy atom. The molecule has 0 aliphatic heterocycles. The van der Waals surface area contributed by atoms with Gasteiger partial charge in [0.1, 0.15) is 11.5 Å². The summed E-state index contributed by atoms with van der Waals surface area (Å²) >= 11 is 0. The van der Waals surface area contributed by atoms with Gasteiger partial charge in [-0.2, -0.15) is 0 Å². The third-order valence-corrected chi connectivity index (χ3v) is 4.41. The maximum atomic E-state index is 12.2. The largest absolute Gasteiger partial charge is 0.497 e. The molecule has 26 heavy (non-hydrogen) atoms. The smallest absolute Gasteiger partial charge is 0.251 e. The van der Waals surface area contributed by atoms with E-state index in [-0.39, 0.29) is 5.56 Å². The fourth-order valence-corrected chi connectivity index (χ4v) is 3.08. The second-order valence-corrected chi connectivity index (χ2v) is 5.96. The van der Waals surface area contributed by atoms with Gasteiger partial charge in [0.2, 0.25) is 0 Å². The average Bonchev–Trinajstić information content (AvgIpc) is 2.65. The number of rotatable bonds is 5. The third-order valence-electron chi connectivity index (χ3n) is 4.41. The molecule has 2 aromatic carbocycles. The van der Waals surface area contributed by atoms with Crippen molar-refractivity contribution in [3.8, 4) is 17.2 Å². The van der Waals surface area contributed by atoms with Crippen LogP contribution in [0.2, 0.25) is 0 Å². The van der Waals surface area contributed by atoms with E-state index in [0.29, 0.717) is 17.0 Å². The molecule has 3 rings (SSSR count). The summed E-state index contributed by atoms with van der Waals surface area (Å²) in [7, 11) is 6.56. The van der Waals surface area contributed by atoms with Gasteiger partial charge in [0.05, 0.1) is 32.5 Å². The van der Waals surface area contributed by atoms with Crippen LogP contribution < -0.4 is 25.1 Å². The summed E-state index contributed by atoms with van der Waals surface area (Å²) in [4.78, 5) is 12.2. The molecule has 6 nitrogen and oxygen atoms in total. The molecule has 0 atom stereocenters. The molecule has 1 heterocycles. The average molecular weight is 354 g/mol. The van der Waals surface area contributed by atoms with Crippen LogP contribution in [0.5, 0.6) is 17.2 Å². The van der Waals surface area contributed by atoms with E-state index < -0.39 is 0 Å². The van der Waals surface area contributed by atoms with Gasteiger partial charge in [0, 0.05) is 30.3 Å². The standard InChI is InChI=1S/C20H22N2O4/c1-12-10-17(23)22(2)19-16(25-4)11-15(20(26-5)18(12)19)21-13-6-8-14(24-3)9-7-13/h6-11,21H,1-5H3. The van der Waals surface area contributed by atoms with E-state index in [1.54, 1.807) is 39.0 Å². The van der Waals surface area contributed by atoms with E-state index in [4.69, 9.17) is 14.2 Å². The topological polar surface area (TPSA) is 61.7 Å². The number of benzene rings is 2. The maximum Gasteiger partial charge on any atom is 0.251 e. The molecule has 0 unspecified atom stereocenters. The van der Waals surface area contributed by atoms with Gasteiger partial charge in [-0.05, 0) is 36.8 Å². The number of hydrogen-bond donors (Lipinski definition) is 1. The molecule has 136 valence electrons. The minimum absolute atomic E-state index is 0.0915. The first kappa shape index (κ1) is 17.7. The second kappa shape index (κ2) is 7.00. The summed E-state index contributed by atoms with van der Waals surface area (Å²) in [5, 5.41) is 4.19. The number of pyridine rings is 1. The normalized spacial score (nSPS) is 10.7. The predicted octanol–water partition coefficient (Wildman–Crippen LogP) is 3.62. The van der Waals surface area contributed by atoms with Crippen molar-refractivity contribution in [2.45, 2.75) is 6.92 Å². The highest BCUT2D eigenvalue weighted by Gasteiger charge is 2.18. The molecule has 1 aromatic heterocycles. The van der Waals surface area contributed by atoms with Gasteiger partial charge in [0.15, 0.2) is 5.75 Å². The molecule has 0 aliphatic carbocycles. The summed E-state index contributed by atoms with van der Waals surface area (Å²) in [5.41, 5.74) is 3.08. The zero-order valence-corrected chi connectivity index (χ0v) is 15.5. The zero-order valence-electron chi connectivity index (χ0n) is 15.5. The molecule has 0 saturated heterocycles. The summed E-state index contributed by atoms with van der Waals surface area (Å²) in [6, 6.07) is 11.0. The molecule has 1 N–H and O–H groups in total. The molecule has 6 heteroatoms. The monoisotopic (exact) mass is 354 g/mol. The Balaban J connectivity index is 2.23. The number of methoxy groups -OCH3 is 3. The highest BCUT2D eigenvalue weighted by Crippen LogP contribution is 2.41. The van der Waals surface area contributed by atoms with E-state index >= 15 is 0 Å². The van der Waals surface area contributed by atoms with Gasteiger partial charge in [-0.1, -0.05) is 0 Å². The number of nitrogens with zero attached hydrogens (tertiary/aromatic N) is 1. The number of aromatic nitrogens is 1. The van der Waals surface area contributed by atoms with E-state index in [0.717, 1.165) is 28.1 Å². The number of anilines is 2. The van der Waals surface area contributed by atoms with Crippen molar-refractivity contribution in [1.29, 1.82) is 0 Å². The van der Waals surface area contributed by atoms with Crippen LogP contribution in [-0.2, 0) is 7.05 Å². The Labute approximate surface area is 151 Å². The first-order chi connectivity index (χ1) is 12.5. The summed E-state index contributed by atoms with van der Waals surface area (Å²) in [5.74, 6) is 2.04. The van der Waals surface area contributed by atoms with Crippen LogP contribution in [0.4, 0.5) is 11.4 Å². The van der Waals surface area contributed by atoms with Gasteiger partial charge in [-0.3, -0.25) is 4.79 Å². The maximum absolute atomic E-state index is 12.2. The lowest BCUT2D eigenvalue weighted by atomic mass is 10.1. The van der Waals surface area contributed by atoms with Gasteiger partial charge < -0.3 is 24.1 Å². The van der Waals surface area contributed by atoms with Crippen molar-refractivity contribution in [3.63, 3.8) is 0 Å². The van der Waals surface area contributed by atoms with Crippen LogP contribution in [0.15, 0.2) is 41.2 Å². The van der Waals surface area contributed by atoms with Crippen LogP contribution in [0, 0.1) is 6.92 Å². The number of hydrogen-bond acceptors (Lipinski definition) is 5. The summed E-state index contributed by atoms with van der Waals surface area (Å²) < 4.78 is 18.0. The Bertz CT molecular complexity index is 1010. The Kier molecular flexibility index (Phi) is 4.75. The lowest BCUT2D eigenvalue weighted by Crippen LogP contribution is -2.17. The van der Waals surface area contributed by atoms with Gasteiger partial charge in [-0.25, -0.2) is 0 Å². The summed E-state index contributed by atoms with van der Waals surface area (Å²) in [6.07, 6.45) is 0. The predicted molar refractivity (Wildman–Crippen MR) is 103 cm³/mol. The molecule has 3 aromatic rings. The SMILES string of the molecule is COc1ccc(Nc2cc(OC)c3c(c(C)cc(=O)n3C)c2OC)cc1. The molecular weight excluding hydrogens is 332 g/mol. The van der Waals surface area contributed by atoms with Gasteiger partial charge >= 0.3 is 0 Å². The molecule has 0 bridgehead atoms. The van der Waals surface area contributed by atoms with Crippen LogP contribution in [0.1, 0.15) is 5.56 Å². The Morgan fingerprint density at radius 2 is 1.65 bits per heavy atom. The Hall–Kier alpha value is -3.15. The van der Waals surface area contributed by atoms with E-state index in [9.17, 15) is 4.79 Å². The van der Waals surface area contributed by atoms with Crippen molar-refractivity contribution in [2.24, 2.45) is 7.05 Å². The lowest BCUT2D eigenvalue weighted by Gasteiger charge is -2.19. The van der Waals surface area contributed by atoms with Crippen molar-refractivity contribution in [2.75, 3.05) is 26.6 Å². The number of fused-ring (bicyclic) bond motifs is 1. The highest BCUT2D eigenvalue weighted by atomic mass is 16.5. The summed E-state index contributed by atoms with van der Waals surface area (Å²) in [6.45, 7) is 1.89. The van der Waals surface area contributed by atoms with Gasteiger partial charge in [-0.15, -0.1) is 0 Å². The van der Waals surface area contributed by atoms with Crippen molar-refractivity contribution < 1.29 is 14.2 Å². The van der Waals surface area contributed by atoms with E-state index in [1.807, 2.05) is 37.3 Å². The second-order valence-electron chi connectivity index (χ2n) is 5.96. The first-order valence-corrected chi connectivity index (χ1v) is 8.16. The quantitative estimate of drug-likeness (QED) is 0.758. The fraction of sp³-hybridized carbons (Fsp3) is 0.250. The van der Waals surface area contributed by atoms with Crippen molar-refractivity contribution in [1.82, 2.24) is 4.57 Å². The minimum Gasteiger partial charge on any atom is -0.497 e. The lowest BCUT2D eigenvalue weighted by molar-refractivity contribution is 0.410. The number of nitrogens with one attached hydrogen (secondary N) is 1. The molecule has 0 spiro atoms. The van der Waals surface area contributed by atoms with Crippen LogP contribution in [-0.4, -0.2) is 25.9 Å². The molecule has 0 radical (unpaired) electrons. The first-order valence-electron chi connectivity index (χ1n) is 8.16. The Morgan fingerprint density at radius 1 is 0.962 bits per heavy atom. The molecule has 0 amide bonds. The fourth-order valence-electron chi connectivity index (χ4n) is 3.08. The molecular formula is C20H22N2O4. The zero-order chi connectivity index (χ0) is 18.8. The third kappa shape index (κ3) is 2.94. The van der Waals surface area contributed by atoms with Crippen LogP contribution in [0.25, 0.3) is 10.9 Å². The number of ether oxygens (including phenoxy) is 3. The minimum atomic E-state index is -0.0915. The number of aryl methyl sites for hydroxylation is 2. The van der Waals surface area contributed by atoms with Crippen molar-refractivity contribution >= 4 is 22.3 Å². The van der Waals surface area contributed by atoms with Gasteiger partial charge in [0.25, 0.3) is 5.56 Å². The van der Waals surface area contributed by atoms with Crippen LogP contribution in [0.3, 0.4) is 0 Å². The molecule has 0 fully saturated rings. The molecule has 0 saturated carbocycles. The van der Waals surface area contributed by atoms with Crippen molar-refractivity contribution in [3.05, 3.63) is 52.3 Å². The van der Waals surface area contributed by atoms with E-state index in [1.165, 1.54) is 0 Å². The van der Waals surface area contributed by atoms with E-state index in [2.05, 4.69) is 5.32 Å². The highest BCUT2D eigenvalue weighted by molar-refractivity contribution is 5.98.